The lowest BCUT2D eigenvalue weighted by Crippen LogP contribution is -2.33. The van der Waals surface area contributed by atoms with Crippen molar-refractivity contribution in [3.63, 3.8) is 0 Å². The summed E-state index contributed by atoms with van der Waals surface area (Å²) in [7, 11) is 0. The number of rotatable bonds is 14. The van der Waals surface area contributed by atoms with Gasteiger partial charge in [-0.05, 0) is 191 Å². The lowest BCUT2D eigenvalue weighted by atomic mass is 9.90. The Labute approximate surface area is 395 Å². The van der Waals surface area contributed by atoms with Crippen LogP contribution in [-0.2, 0) is 12.8 Å². The van der Waals surface area contributed by atoms with Crippen molar-refractivity contribution < 1.29 is 24.8 Å². The zero-order valence-corrected chi connectivity index (χ0v) is 38.5. The lowest BCUT2D eigenvalue weighted by molar-refractivity contribution is 0.183. The normalized spacial score (nSPS) is 14.4. The van der Waals surface area contributed by atoms with Gasteiger partial charge in [-0.3, -0.25) is 9.80 Å². The molecule has 0 aliphatic carbocycles. The molecule has 3 N–H and O–H groups in total. The topological polar surface area (TPSA) is 85.6 Å². The van der Waals surface area contributed by atoms with Crippen LogP contribution in [0.15, 0.2) is 164 Å². The fraction of sp³-hybridized carbons (Fsp3) is 0.267. The van der Waals surface area contributed by atoms with Crippen LogP contribution in [0.2, 0.25) is 0 Å². The summed E-state index contributed by atoms with van der Waals surface area (Å²) < 4.78 is 12.0. The van der Waals surface area contributed by atoms with Gasteiger partial charge in [0.2, 0.25) is 0 Å². The average Bonchev–Trinajstić information content (AvgIpc) is 3.36. The summed E-state index contributed by atoms with van der Waals surface area (Å²) in [6.07, 6.45) is 9.50. The second-order valence-electron chi connectivity index (χ2n) is 18.1. The van der Waals surface area contributed by atoms with Crippen molar-refractivity contribution >= 4 is 21.5 Å². The van der Waals surface area contributed by atoms with Crippen molar-refractivity contribution in [2.45, 2.75) is 51.4 Å². The van der Waals surface area contributed by atoms with Crippen LogP contribution in [0.5, 0.6) is 28.7 Å². The van der Waals surface area contributed by atoms with Gasteiger partial charge in [0, 0.05) is 13.1 Å². The number of likely N-dealkylation sites (tertiary alicyclic amines) is 2. The Morgan fingerprint density at radius 1 is 0.388 bits per heavy atom. The van der Waals surface area contributed by atoms with Gasteiger partial charge in [0.25, 0.3) is 0 Å². The molecule has 0 aromatic heterocycles. The molecule has 67 heavy (non-hydrogen) atoms. The summed E-state index contributed by atoms with van der Waals surface area (Å²) in [6.45, 7) is 8.23. The summed E-state index contributed by atoms with van der Waals surface area (Å²) >= 11 is 0. The fourth-order valence-electron chi connectivity index (χ4n) is 9.75. The minimum Gasteiger partial charge on any atom is -0.508 e. The molecule has 8 aromatic carbocycles. The Morgan fingerprint density at radius 3 is 1.36 bits per heavy atom. The van der Waals surface area contributed by atoms with E-state index >= 15 is 0 Å². The molecule has 342 valence electrons. The molecule has 8 aromatic rings. The third-order valence-electron chi connectivity index (χ3n) is 13.3. The molecule has 0 amide bonds. The highest BCUT2D eigenvalue weighted by Gasteiger charge is 2.15. The molecular weight excluding hydrogens is 829 g/mol. The van der Waals surface area contributed by atoms with Gasteiger partial charge in [0.15, 0.2) is 0 Å². The maximum atomic E-state index is 10.0. The van der Waals surface area contributed by atoms with Crippen molar-refractivity contribution in [3.8, 4) is 51.0 Å². The van der Waals surface area contributed by atoms with E-state index in [4.69, 9.17) is 9.47 Å². The van der Waals surface area contributed by atoms with E-state index in [0.29, 0.717) is 6.61 Å². The van der Waals surface area contributed by atoms with Crippen LogP contribution in [0.3, 0.4) is 0 Å². The predicted octanol–water partition coefficient (Wildman–Crippen LogP) is 13.0. The van der Waals surface area contributed by atoms with Crippen LogP contribution >= 0.6 is 0 Å². The zero-order valence-electron chi connectivity index (χ0n) is 38.5. The number of phenols is 3. The average molecular weight is 891 g/mol. The first-order valence-corrected chi connectivity index (χ1v) is 24.1. The SMILES string of the molecule is Oc1cccc(-c2ccc3cc(O)ccc3c2Cc2ccc(OCCN3CCCCC3)cc2)c1.Oc1cccc(-c2ccc3ccccc3c2Cc2ccc(OCCN3CCCCC3)cc2)c1. The van der Waals surface area contributed by atoms with Crippen molar-refractivity contribution in [2.75, 3.05) is 52.5 Å². The standard InChI is InChI=1S/C30H31NO3.C30H31NO2/c32-25-6-4-5-23(20-25)28-13-9-24-21-26(33)10-14-29(24)30(28)19-22-7-11-27(12-8-22)34-18-17-31-15-2-1-3-16-31;32-26-9-6-8-25(22-26)29-16-13-24-7-2-3-10-28(24)30(29)21-23-11-14-27(15-12-23)33-20-19-31-17-4-1-5-18-31/h4-14,20-21,32-33H,1-3,15-19H2;2-3,6-16,22,32H,1,4-5,17-21H2. The van der Waals surface area contributed by atoms with Gasteiger partial charge >= 0.3 is 0 Å². The highest BCUT2D eigenvalue weighted by atomic mass is 16.5. The molecule has 0 spiro atoms. The van der Waals surface area contributed by atoms with Crippen LogP contribution < -0.4 is 9.47 Å². The molecule has 7 heteroatoms. The maximum absolute atomic E-state index is 10.0. The number of hydrogen-bond donors (Lipinski definition) is 3. The molecule has 0 atom stereocenters. The van der Waals surface area contributed by atoms with Crippen LogP contribution in [0.1, 0.15) is 60.8 Å². The number of piperidine rings is 2. The Morgan fingerprint density at radius 2 is 0.851 bits per heavy atom. The van der Waals surface area contributed by atoms with Gasteiger partial charge < -0.3 is 24.8 Å². The van der Waals surface area contributed by atoms with E-state index in [2.05, 4.69) is 107 Å². The van der Waals surface area contributed by atoms with Crippen molar-refractivity contribution in [3.05, 3.63) is 186 Å². The van der Waals surface area contributed by atoms with Crippen molar-refractivity contribution in [2.24, 2.45) is 0 Å². The second kappa shape index (κ2) is 22.1. The Balaban J connectivity index is 0.000000168. The molecule has 0 bridgehead atoms. The Kier molecular flexibility index (Phi) is 15.0. The monoisotopic (exact) mass is 890 g/mol. The van der Waals surface area contributed by atoms with Crippen molar-refractivity contribution in [1.29, 1.82) is 0 Å². The molecule has 0 unspecified atom stereocenters. The first-order valence-electron chi connectivity index (χ1n) is 24.1. The van der Waals surface area contributed by atoms with Gasteiger partial charge in [-0.15, -0.1) is 0 Å². The zero-order chi connectivity index (χ0) is 45.8. The van der Waals surface area contributed by atoms with E-state index < -0.39 is 0 Å². The highest BCUT2D eigenvalue weighted by Crippen LogP contribution is 2.36. The molecule has 0 radical (unpaired) electrons. The number of nitrogens with zero attached hydrogens (tertiary/aromatic N) is 2. The minimum atomic E-state index is 0.250. The van der Waals surface area contributed by atoms with Crippen LogP contribution in [-0.4, -0.2) is 77.6 Å². The molecule has 2 aliphatic heterocycles. The lowest BCUT2D eigenvalue weighted by Gasteiger charge is -2.26. The van der Waals surface area contributed by atoms with Gasteiger partial charge in [-0.2, -0.15) is 0 Å². The fourth-order valence-corrected chi connectivity index (χ4v) is 9.75. The number of fused-ring (bicyclic) bond motifs is 2. The van der Waals surface area contributed by atoms with E-state index in [9.17, 15) is 15.3 Å². The van der Waals surface area contributed by atoms with Crippen LogP contribution in [0.4, 0.5) is 0 Å². The second-order valence-corrected chi connectivity index (χ2v) is 18.1. The molecule has 2 aliphatic rings. The number of aromatic hydroxyl groups is 3. The van der Waals surface area contributed by atoms with E-state index in [1.165, 1.54) is 97.7 Å². The summed E-state index contributed by atoms with van der Waals surface area (Å²) in [4.78, 5) is 4.99. The number of ether oxygens (including phenoxy) is 2. The Hall–Kier alpha value is -6.80. The van der Waals surface area contributed by atoms with E-state index in [1.54, 1.807) is 30.3 Å². The summed E-state index contributed by atoms with van der Waals surface area (Å²) in [5.74, 6) is 2.63. The van der Waals surface area contributed by atoms with E-state index in [1.807, 2.05) is 36.4 Å². The number of benzene rings is 8. The van der Waals surface area contributed by atoms with Gasteiger partial charge in [0.05, 0.1) is 0 Å². The molecule has 2 fully saturated rings. The minimum absolute atomic E-state index is 0.250. The van der Waals surface area contributed by atoms with Gasteiger partial charge in [-0.1, -0.05) is 116 Å². The largest absolute Gasteiger partial charge is 0.508 e. The first-order chi connectivity index (χ1) is 32.9. The maximum Gasteiger partial charge on any atom is 0.119 e. The smallest absolute Gasteiger partial charge is 0.119 e. The predicted molar refractivity (Wildman–Crippen MR) is 274 cm³/mol. The molecule has 2 saturated heterocycles. The van der Waals surface area contributed by atoms with Crippen LogP contribution in [0, 0.1) is 0 Å². The molecule has 10 rings (SSSR count). The first kappa shape index (κ1) is 45.4. The number of phenolic OH excluding ortho intramolecular Hbond substituents is 3. The van der Waals surface area contributed by atoms with Gasteiger partial charge in [0.1, 0.15) is 42.0 Å². The Bertz CT molecular complexity index is 2860. The summed E-state index contributed by atoms with van der Waals surface area (Å²) in [5, 5.41) is 34.6. The van der Waals surface area contributed by atoms with E-state index in [-0.39, 0.29) is 17.2 Å². The number of hydrogen-bond acceptors (Lipinski definition) is 7. The quantitative estimate of drug-likeness (QED) is 0.100. The van der Waals surface area contributed by atoms with Crippen molar-refractivity contribution in [1.82, 2.24) is 9.80 Å². The molecular formula is C60H62N2O5. The summed E-state index contributed by atoms with van der Waals surface area (Å²) in [5.41, 5.74) is 9.12. The molecule has 0 saturated carbocycles. The van der Waals surface area contributed by atoms with Crippen LogP contribution in [0.25, 0.3) is 43.8 Å². The van der Waals surface area contributed by atoms with E-state index in [0.717, 1.165) is 77.1 Å². The third kappa shape index (κ3) is 12.0. The summed E-state index contributed by atoms with van der Waals surface area (Å²) in [6, 6.07) is 54.2. The third-order valence-corrected chi connectivity index (χ3v) is 13.3. The molecule has 2 heterocycles. The molecule has 7 nitrogen and oxygen atoms in total. The highest BCUT2D eigenvalue weighted by molar-refractivity contribution is 5.94. The van der Waals surface area contributed by atoms with Gasteiger partial charge in [-0.25, -0.2) is 0 Å².